The number of benzene rings is 3. The Kier molecular flexibility index (Phi) is 14.1. The van der Waals surface area contributed by atoms with Gasteiger partial charge in [-0.25, -0.2) is 23.1 Å². The van der Waals surface area contributed by atoms with Crippen LogP contribution in [-0.4, -0.2) is 152 Å². The number of sulfonamides is 1. The van der Waals surface area contributed by atoms with E-state index in [2.05, 4.69) is 77.7 Å². The number of ether oxygens (including phenoxy) is 6. The van der Waals surface area contributed by atoms with E-state index < -0.39 is 37.5 Å². The number of rotatable bonds is 12. The second kappa shape index (κ2) is 21.8. The molecule has 0 radical (unpaired) electrons. The number of fused-ring (bicyclic) bond motifs is 5. The van der Waals surface area contributed by atoms with Crippen LogP contribution in [0.5, 0.6) is 17.4 Å². The Hall–Kier alpha value is -7.15. The number of aromatic amines is 1. The lowest BCUT2D eigenvalue weighted by molar-refractivity contribution is -0.384. The van der Waals surface area contributed by atoms with Crippen molar-refractivity contribution >= 4 is 55.4 Å². The summed E-state index contributed by atoms with van der Waals surface area (Å²) in [6, 6.07) is 20.2. The summed E-state index contributed by atoms with van der Waals surface area (Å²) >= 11 is 0. The number of carbonyl (C=O) groups is 1. The first-order valence-corrected chi connectivity index (χ1v) is 30.7. The van der Waals surface area contributed by atoms with Crippen molar-refractivity contribution in [3.05, 3.63) is 118 Å². The van der Waals surface area contributed by atoms with Crippen LogP contribution in [0.2, 0.25) is 0 Å². The molecule has 1 aliphatic carbocycles. The Morgan fingerprint density at radius 3 is 2.58 bits per heavy atom. The summed E-state index contributed by atoms with van der Waals surface area (Å²) in [5.41, 5.74) is 5.82. The second-order valence-electron chi connectivity index (χ2n) is 23.9. The number of H-pyrrole nitrogens is 1. The van der Waals surface area contributed by atoms with Crippen LogP contribution < -0.4 is 34.0 Å². The van der Waals surface area contributed by atoms with Crippen LogP contribution in [0.1, 0.15) is 98.1 Å². The Morgan fingerprint density at radius 1 is 0.916 bits per heavy atom. The molecule has 14 rings (SSSR count). The molecule has 0 bridgehead atoms. The number of hydrogen-bond donors (Lipinski definition) is 3. The van der Waals surface area contributed by atoms with E-state index in [1.165, 1.54) is 11.6 Å². The number of nitrogens with zero attached hydrogens (tertiary/aromatic N) is 8. The molecule has 5 atom stereocenters. The lowest BCUT2D eigenvalue weighted by atomic mass is 9.59. The number of piperazine rings is 1. The predicted octanol–water partition coefficient (Wildman–Crippen LogP) is 7.83. The van der Waals surface area contributed by atoms with Gasteiger partial charge >= 0.3 is 0 Å². The monoisotopic (exact) mass is 1150 g/mol. The number of hydrogen-bond acceptors (Lipinski definition) is 19. The molecule has 5 fully saturated rings. The van der Waals surface area contributed by atoms with Crippen LogP contribution in [0.3, 0.4) is 0 Å². The highest BCUT2D eigenvalue weighted by Gasteiger charge is 2.51. The van der Waals surface area contributed by atoms with Crippen molar-refractivity contribution in [1.29, 1.82) is 0 Å². The molecule has 1 amide bonds. The van der Waals surface area contributed by atoms with Gasteiger partial charge in [-0.2, -0.15) is 4.98 Å². The third-order valence-corrected chi connectivity index (χ3v) is 20.0. The standard InChI is InChI=1S/C60H69N11O11S/c1-36(2)81-52-6-4-3-5-43(52)50-30-68(51-33-79-31-39-29-61-35-63-55(39)51)18-19-69(50)41-27-60(28-41)13-16-67(17-14-60)40-7-8-44(47(24-40)70-46-12-22-78-34-54(46)82-59-49(70)23-38-9-15-62-57(38)65-59)58(72)66-83(75,76)42-25-48(71(73)74)56-53(26-42)80-32-45(64-56)37-10-20-77-21-11-37/h3-9,15,23-26,29,35-37,41,45-46,50-51,54,64H,10-14,16-22,27-28,30-34H2,1-2H3,(H,62,65)(H,66,72)/t45-,46-,50-,51-,54-/m0/s1. The van der Waals surface area contributed by atoms with Crippen LogP contribution in [0.25, 0.3) is 11.0 Å². The van der Waals surface area contributed by atoms with Crippen LogP contribution in [0.4, 0.5) is 28.4 Å². The molecular formula is C60H69N11O11S. The average molecular weight is 1150 g/mol. The van der Waals surface area contributed by atoms with Gasteiger partial charge in [0.15, 0.2) is 11.4 Å². The Balaban J connectivity index is 0.740. The highest BCUT2D eigenvalue weighted by atomic mass is 32.2. The van der Waals surface area contributed by atoms with E-state index in [1.54, 1.807) is 12.4 Å². The molecule has 0 unspecified atom stereocenters. The molecule has 83 heavy (non-hydrogen) atoms. The van der Waals surface area contributed by atoms with Crippen LogP contribution in [-0.2, 0) is 30.8 Å². The Labute approximate surface area is 481 Å². The van der Waals surface area contributed by atoms with E-state index >= 15 is 0 Å². The minimum absolute atomic E-state index is 0.0222. The summed E-state index contributed by atoms with van der Waals surface area (Å²) in [5.74, 6) is 0.552. The predicted molar refractivity (Wildman–Crippen MR) is 307 cm³/mol. The number of nitrogens with one attached hydrogen (secondary N) is 3. The smallest absolute Gasteiger partial charge is 0.297 e. The first-order valence-electron chi connectivity index (χ1n) is 29.2. The van der Waals surface area contributed by atoms with Crippen molar-refractivity contribution in [1.82, 2.24) is 34.5 Å². The maximum Gasteiger partial charge on any atom is 0.297 e. The van der Waals surface area contributed by atoms with E-state index in [9.17, 15) is 23.3 Å². The zero-order valence-corrected chi connectivity index (χ0v) is 47.4. The summed E-state index contributed by atoms with van der Waals surface area (Å²) < 4.78 is 68.0. The first-order chi connectivity index (χ1) is 40.3. The maximum atomic E-state index is 15.0. The van der Waals surface area contributed by atoms with Crippen molar-refractivity contribution in [3.63, 3.8) is 0 Å². The number of amides is 1. The van der Waals surface area contributed by atoms with Crippen molar-refractivity contribution in [2.24, 2.45) is 11.3 Å². The topological polar surface area (TPSA) is 241 Å². The molecule has 1 saturated carbocycles. The minimum atomic E-state index is -4.72. The Morgan fingerprint density at radius 2 is 1.75 bits per heavy atom. The molecule has 1 spiro atoms. The molecule has 6 aromatic rings. The molecule has 3 aromatic heterocycles. The molecule has 3 aromatic carbocycles. The number of piperidine rings is 1. The third-order valence-electron chi connectivity index (χ3n) is 18.7. The van der Waals surface area contributed by atoms with E-state index in [-0.39, 0.29) is 71.8 Å². The van der Waals surface area contributed by atoms with Crippen molar-refractivity contribution in [2.45, 2.75) is 113 Å². The quantitative estimate of drug-likeness (QED) is 0.0781. The van der Waals surface area contributed by atoms with Crippen molar-refractivity contribution < 1.29 is 46.6 Å². The first kappa shape index (κ1) is 53.8. The van der Waals surface area contributed by atoms with Gasteiger partial charge in [0.2, 0.25) is 5.88 Å². The zero-order valence-electron chi connectivity index (χ0n) is 46.6. The van der Waals surface area contributed by atoms with Gasteiger partial charge in [-0.3, -0.25) is 24.7 Å². The number of anilines is 4. The highest BCUT2D eigenvalue weighted by Crippen LogP contribution is 2.55. The summed E-state index contributed by atoms with van der Waals surface area (Å²) in [6.45, 7) is 11.5. The molecule has 10 heterocycles. The summed E-state index contributed by atoms with van der Waals surface area (Å²) in [7, 11) is -4.72. The lowest BCUT2D eigenvalue weighted by Crippen LogP contribution is -2.60. The van der Waals surface area contributed by atoms with Crippen molar-refractivity contribution in [3.8, 4) is 17.4 Å². The number of nitro groups is 1. The van der Waals surface area contributed by atoms with Gasteiger partial charge in [-0.1, -0.05) is 18.2 Å². The molecule has 7 aliphatic heterocycles. The fourth-order valence-corrected chi connectivity index (χ4v) is 15.4. The third kappa shape index (κ3) is 10.1. The van der Waals surface area contributed by atoms with Crippen LogP contribution in [0, 0.1) is 21.4 Å². The van der Waals surface area contributed by atoms with E-state index in [4.69, 9.17) is 38.4 Å². The summed E-state index contributed by atoms with van der Waals surface area (Å²) in [6.07, 6.45) is 11.1. The fourth-order valence-electron chi connectivity index (χ4n) is 14.4. The second-order valence-corrected chi connectivity index (χ2v) is 25.6. The number of aromatic nitrogens is 4. The molecule has 3 N–H and O–H groups in total. The SMILES string of the molecule is CC(C)Oc1ccccc1[C@@H]1CN([C@H]2COCc3cncnc32)CCN1C1CC2(CCN(c3ccc(C(=O)NS(=O)(=O)c4cc5c(c([N+](=O)[O-])c4)N[C@H](C4CCOCC4)CO5)c(N4c5cc6cc[nH]c6nc5O[C@H]5COCC[C@@H]54)c3)CC2)C1. The zero-order chi connectivity index (χ0) is 56.6. The molecule has 8 aliphatic rings. The van der Waals surface area contributed by atoms with E-state index in [1.807, 2.05) is 36.7 Å². The minimum Gasteiger partial charge on any atom is -0.491 e. The van der Waals surface area contributed by atoms with Gasteiger partial charge in [0.25, 0.3) is 21.6 Å². The molecular weight excluding hydrogens is 1080 g/mol. The number of para-hydroxylation sites is 1. The van der Waals surface area contributed by atoms with E-state index in [0.717, 1.165) is 105 Å². The molecule has 436 valence electrons. The van der Waals surface area contributed by atoms with Gasteiger partial charge in [-0.05, 0) is 107 Å². The largest absolute Gasteiger partial charge is 0.491 e. The molecule has 22 nitrogen and oxygen atoms in total. The van der Waals surface area contributed by atoms with Gasteiger partial charge in [0, 0.05) is 105 Å². The maximum absolute atomic E-state index is 15.0. The number of carbonyl (C=O) groups excluding carboxylic acids is 1. The van der Waals surface area contributed by atoms with Gasteiger partial charge in [-0.15, -0.1) is 0 Å². The normalized spacial score (nSPS) is 24.8. The van der Waals surface area contributed by atoms with Gasteiger partial charge in [0.1, 0.15) is 36.1 Å². The summed E-state index contributed by atoms with van der Waals surface area (Å²) in [5, 5.41) is 16.7. The number of pyridine rings is 1. The fraction of sp³-hybridized carbons (Fsp3) is 0.500. The van der Waals surface area contributed by atoms with Crippen LogP contribution >= 0.6 is 0 Å². The molecule has 23 heteroatoms. The van der Waals surface area contributed by atoms with Crippen LogP contribution in [0.15, 0.2) is 90.3 Å². The van der Waals surface area contributed by atoms with Crippen molar-refractivity contribution in [2.75, 3.05) is 87.5 Å². The summed E-state index contributed by atoms with van der Waals surface area (Å²) in [4.78, 5) is 53.3. The molecule has 4 saturated heterocycles. The average Bonchev–Trinajstić information content (AvgIpc) is 4.15. The Bertz CT molecular complexity index is 3560. The number of nitro benzene ring substituents is 1. The van der Waals surface area contributed by atoms with Gasteiger partial charge < -0.3 is 48.5 Å². The highest BCUT2D eigenvalue weighted by molar-refractivity contribution is 7.90. The lowest BCUT2D eigenvalue weighted by Gasteiger charge is -2.58. The van der Waals surface area contributed by atoms with E-state index in [0.29, 0.717) is 68.4 Å². The van der Waals surface area contributed by atoms with Gasteiger partial charge in [0.05, 0.1) is 76.9 Å².